The highest BCUT2D eigenvalue weighted by molar-refractivity contribution is 9.10. The Bertz CT molecular complexity index is 518. The van der Waals surface area contributed by atoms with Crippen molar-refractivity contribution in [2.45, 2.75) is 57.9 Å². The molecule has 2 nitrogen and oxygen atoms in total. The van der Waals surface area contributed by atoms with Crippen LogP contribution in [0, 0.1) is 12.8 Å². The van der Waals surface area contributed by atoms with Crippen molar-refractivity contribution in [2.24, 2.45) is 5.92 Å². The third-order valence-electron chi connectivity index (χ3n) is 4.85. The van der Waals surface area contributed by atoms with E-state index in [-0.39, 0.29) is 5.91 Å². The van der Waals surface area contributed by atoms with Crippen molar-refractivity contribution < 1.29 is 4.79 Å². The minimum absolute atomic E-state index is 0.226. The molecule has 2 aliphatic rings. The molecule has 2 saturated carbocycles. The van der Waals surface area contributed by atoms with Gasteiger partial charge in [0, 0.05) is 22.6 Å². The molecule has 1 aromatic carbocycles. The molecule has 0 aliphatic heterocycles. The van der Waals surface area contributed by atoms with Gasteiger partial charge >= 0.3 is 0 Å². The summed E-state index contributed by atoms with van der Waals surface area (Å²) in [5.41, 5.74) is 2.01. The summed E-state index contributed by atoms with van der Waals surface area (Å²) in [6, 6.07) is 6.48. The second-order valence-electron chi connectivity index (χ2n) is 6.66. The third kappa shape index (κ3) is 3.68. The molecule has 1 aromatic rings. The Balaban J connectivity index is 1.73. The predicted molar refractivity (Wildman–Crippen MR) is 89.5 cm³/mol. The molecular weight excluding hydrogens is 326 g/mol. The number of carbonyl (C=O) groups is 1. The summed E-state index contributed by atoms with van der Waals surface area (Å²) in [6.45, 7) is 3.02. The highest BCUT2D eigenvalue weighted by atomic mass is 79.9. The maximum atomic E-state index is 12.9. The fourth-order valence-electron chi connectivity index (χ4n) is 3.32. The van der Waals surface area contributed by atoms with E-state index in [0.717, 1.165) is 22.5 Å². The highest BCUT2D eigenvalue weighted by Crippen LogP contribution is 2.32. The van der Waals surface area contributed by atoms with Crippen LogP contribution >= 0.6 is 15.9 Å². The Morgan fingerprint density at radius 3 is 2.52 bits per heavy atom. The van der Waals surface area contributed by atoms with E-state index >= 15 is 0 Å². The quantitative estimate of drug-likeness (QED) is 0.753. The molecule has 0 radical (unpaired) electrons. The molecule has 114 valence electrons. The van der Waals surface area contributed by atoms with Crippen LogP contribution in [-0.4, -0.2) is 23.4 Å². The zero-order valence-electron chi connectivity index (χ0n) is 12.8. The van der Waals surface area contributed by atoms with Crippen molar-refractivity contribution in [1.29, 1.82) is 0 Å². The van der Waals surface area contributed by atoms with E-state index < -0.39 is 0 Å². The van der Waals surface area contributed by atoms with Gasteiger partial charge in [0.25, 0.3) is 5.91 Å². The summed E-state index contributed by atoms with van der Waals surface area (Å²) in [5, 5.41) is 0. The first-order valence-electron chi connectivity index (χ1n) is 8.22. The van der Waals surface area contributed by atoms with E-state index in [2.05, 4.69) is 27.8 Å². The fraction of sp³-hybridized carbons (Fsp3) is 0.611. The second kappa shape index (κ2) is 6.51. The van der Waals surface area contributed by atoms with Crippen LogP contribution in [0.5, 0.6) is 0 Å². The van der Waals surface area contributed by atoms with Gasteiger partial charge in [-0.05, 0) is 56.2 Å². The van der Waals surface area contributed by atoms with Gasteiger partial charge in [-0.1, -0.05) is 41.3 Å². The fourth-order valence-corrected chi connectivity index (χ4v) is 3.70. The van der Waals surface area contributed by atoms with Gasteiger partial charge < -0.3 is 4.90 Å². The zero-order chi connectivity index (χ0) is 14.8. The molecule has 21 heavy (non-hydrogen) atoms. The first kappa shape index (κ1) is 15.1. The van der Waals surface area contributed by atoms with E-state index in [4.69, 9.17) is 0 Å². The Kier molecular flexibility index (Phi) is 4.68. The van der Waals surface area contributed by atoms with Crippen LogP contribution in [0.2, 0.25) is 0 Å². The highest BCUT2D eigenvalue weighted by Gasteiger charge is 2.34. The van der Waals surface area contributed by atoms with E-state index in [1.165, 1.54) is 50.5 Å². The van der Waals surface area contributed by atoms with Crippen LogP contribution in [0.4, 0.5) is 0 Å². The van der Waals surface area contributed by atoms with E-state index in [1.807, 2.05) is 18.2 Å². The SMILES string of the molecule is Cc1ccc(C(=O)N(CC2CCCCC2)C2CC2)cc1Br. The molecule has 0 aromatic heterocycles. The molecule has 2 fully saturated rings. The number of hydrogen-bond donors (Lipinski definition) is 0. The van der Waals surface area contributed by atoms with Crippen LogP contribution in [-0.2, 0) is 0 Å². The largest absolute Gasteiger partial charge is 0.335 e. The lowest BCUT2D eigenvalue weighted by Gasteiger charge is -2.30. The summed E-state index contributed by atoms with van der Waals surface area (Å²) >= 11 is 3.54. The smallest absolute Gasteiger partial charge is 0.254 e. The van der Waals surface area contributed by atoms with Crippen molar-refractivity contribution in [3.63, 3.8) is 0 Å². The summed E-state index contributed by atoms with van der Waals surface area (Å²) in [6.07, 6.45) is 9.03. The molecule has 0 spiro atoms. The first-order valence-corrected chi connectivity index (χ1v) is 9.01. The normalized spacial score (nSPS) is 19.5. The molecule has 1 amide bonds. The minimum Gasteiger partial charge on any atom is -0.335 e. The molecule has 3 heteroatoms. The summed E-state index contributed by atoms with van der Waals surface area (Å²) in [7, 11) is 0. The Morgan fingerprint density at radius 2 is 1.90 bits per heavy atom. The van der Waals surface area contributed by atoms with Gasteiger partial charge in [0.15, 0.2) is 0 Å². The van der Waals surface area contributed by atoms with Crippen molar-refractivity contribution in [1.82, 2.24) is 4.90 Å². The van der Waals surface area contributed by atoms with Gasteiger partial charge in [-0.3, -0.25) is 4.79 Å². The number of rotatable bonds is 4. The zero-order valence-corrected chi connectivity index (χ0v) is 14.4. The molecule has 0 saturated heterocycles. The summed E-state index contributed by atoms with van der Waals surface area (Å²) in [5.74, 6) is 0.945. The standard InChI is InChI=1S/C18H24BrNO/c1-13-7-8-15(11-17(13)19)18(21)20(16-9-10-16)12-14-5-3-2-4-6-14/h7-8,11,14,16H,2-6,9-10,12H2,1H3. The molecule has 0 heterocycles. The van der Waals surface area contributed by atoms with Crippen LogP contribution in [0.25, 0.3) is 0 Å². The van der Waals surface area contributed by atoms with Crippen LogP contribution in [0.3, 0.4) is 0 Å². The van der Waals surface area contributed by atoms with Crippen molar-refractivity contribution in [2.75, 3.05) is 6.54 Å². The van der Waals surface area contributed by atoms with Crippen LogP contribution in [0.15, 0.2) is 22.7 Å². The van der Waals surface area contributed by atoms with Crippen LogP contribution < -0.4 is 0 Å². The van der Waals surface area contributed by atoms with Gasteiger partial charge in [-0.25, -0.2) is 0 Å². The van der Waals surface area contributed by atoms with Gasteiger partial charge in [0.1, 0.15) is 0 Å². The van der Waals surface area contributed by atoms with E-state index in [0.29, 0.717) is 6.04 Å². The van der Waals surface area contributed by atoms with Gasteiger partial charge in [-0.15, -0.1) is 0 Å². The second-order valence-corrected chi connectivity index (χ2v) is 7.51. The first-order chi connectivity index (χ1) is 10.1. The third-order valence-corrected chi connectivity index (χ3v) is 5.70. The number of nitrogens with zero attached hydrogens (tertiary/aromatic N) is 1. The maximum Gasteiger partial charge on any atom is 0.254 e. The molecule has 3 rings (SSSR count). The van der Waals surface area contributed by atoms with Gasteiger partial charge in [0.2, 0.25) is 0 Å². The molecule has 2 aliphatic carbocycles. The lowest BCUT2D eigenvalue weighted by Crippen LogP contribution is -2.37. The number of hydrogen-bond acceptors (Lipinski definition) is 1. The number of aryl methyl sites for hydroxylation is 1. The van der Waals surface area contributed by atoms with Crippen molar-refractivity contribution in [3.8, 4) is 0 Å². The van der Waals surface area contributed by atoms with E-state index in [9.17, 15) is 4.79 Å². The van der Waals surface area contributed by atoms with Crippen LogP contribution in [0.1, 0.15) is 60.9 Å². The van der Waals surface area contributed by atoms with Gasteiger partial charge in [-0.2, -0.15) is 0 Å². The van der Waals surface area contributed by atoms with E-state index in [1.54, 1.807) is 0 Å². The molecule has 0 bridgehead atoms. The molecule has 0 unspecified atom stereocenters. The lowest BCUT2D eigenvalue weighted by atomic mass is 9.88. The monoisotopic (exact) mass is 349 g/mol. The predicted octanol–water partition coefficient (Wildman–Crippen LogP) is 4.94. The average Bonchev–Trinajstić information content (AvgIpc) is 3.33. The molecular formula is C18H24BrNO. The average molecular weight is 350 g/mol. The number of halogens is 1. The molecule has 0 N–H and O–H groups in total. The number of carbonyl (C=O) groups excluding carboxylic acids is 1. The topological polar surface area (TPSA) is 20.3 Å². The number of benzene rings is 1. The van der Waals surface area contributed by atoms with Crippen molar-refractivity contribution >= 4 is 21.8 Å². The van der Waals surface area contributed by atoms with Gasteiger partial charge in [0.05, 0.1) is 0 Å². The molecule has 0 atom stereocenters. The maximum absolute atomic E-state index is 12.9. The lowest BCUT2D eigenvalue weighted by molar-refractivity contribution is 0.0699. The van der Waals surface area contributed by atoms with Crippen molar-refractivity contribution in [3.05, 3.63) is 33.8 Å². The Morgan fingerprint density at radius 1 is 1.19 bits per heavy atom. The number of amides is 1. The summed E-state index contributed by atoms with van der Waals surface area (Å²) < 4.78 is 1.03. The Labute approximate surface area is 136 Å². The Hall–Kier alpha value is -0.830. The summed E-state index contributed by atoms with van der Waals surface area (Å²) in [4.78, 5) is 15.0. The minimum atomic E-state index is 0.226.